The minimum Gasteiger partial charge on any atom is -0.493 e. The molecule has 0 saturated carbocycles. The van der Waals surface area contributed by atoms with Crippen molar-refractivity contribution in [2.24, 2.45) is 4.99 Å². The molecule has 26 heavy (non-hydrogen) atoms. The zero-order valence-electron chi connectivity index (χ0n) is 14.4. The van der Waals surface area contributed by atoms with E-state index in [1.165, 1.54) is 21.3 Å². The summed E-state index contributed by atoms with van der Waals surface area (Å²) in [6.07, 6.45) is 1.59. The van der Waals surface area contributed by atoms with Gasteiger partial charge in [-0.1, -0.05) is 17.7 Å². The average Bonchev–Trinajstić information content (AvgIpc) is 3.01. The van der Waals surface area contributed by atoms with Crippen LogP contribution in [0, 0.1) is 0 Å². The number of rotatable bonds is 5. The molecule has 7 heteroatoms. The van der Waals surface area contributed by atoms with E-state index in [1.54, 1.807) is 42.5 Å². The highest BCUT2D eigenvalue weighted by Crippen LogP contribution is 2.39. The van der Waals surface area contributed by atoms with E-state index in [0.29, 0.717) is 33.4 Å². The monoisotopic (exact) mass is 373 g/mol. The number of hydrogen-bond acceptors (Lipinski definition) is 6. The van der Waals surface area contributed by atoms with Gasteiger partial charge in [0, 0.05) is 10.6 Å². The first kappa shape index (κ1) is 17.8. The molecule has 2 aromatic carbocycles. The van der Waals surface area contributed by atoms with Gasteiger partial charge >= 0.3 is 5.97 Å². The Morgan fingerprint density at radius 3 is 2.31 bits per heavy atom. The van der Waals surface area contributed by atoms with Crippen LogP contribution in [0.4, 0.5) is 0 Å². The zero-order valence-corrected chi connectivity index (χ0v) is 15.2. The highest BCUT2D eigenvalue weighted by molar-refractivity contribution is 6.31. The first-order valence-electron chi connectivity index (χ1n) is 7.64. The lowest BCUT2D eigenvalue weighted by atomic mass is 10.1. The fourth-order valence-corrected chi connectivity index (χ4v) is 2.69. The number of aliphatic imine (C=N–C) groups is 1. The van der Waals surface area contributed by atoms with Crippen molar-refractivity contribution in [1.82, 2.24) is 0 Å². The van der Waals surface area contributed by atoms with Crippen LogP contribution in [0.5, 0.6) is 17.2 Å². The van der Waals surface area contributed by atoms with Crippen molar-refractivity contribution in [3.05, 3.63) is 58.2 Å². The quantitative estimate of drug-likeness (QED) is 0.590. The van der Waals surface area contributed by atoms with Gasteiger partial charge in [-0.15, -0.1) is 0 Å². The molecule has 134 valence electrons. The molecule has 1 aliphatic heterocycles. The van der Waals surface area contributed by atoms with Crippen LogP contribution < -0.4 is 14.2 Å². The average molecular weight is 374 g/mol. The Labute approximate surface area is 155 Å². The maximum absolute atomic E-state index is 12.2. The van der Waals surface area contributed by atoms with Crippen molar-refractivity contribution in [1.29, 1.82) is 0 Å². The molecule has 0 spiro atoms. The summed E-state index contributed by atoms with van der Waals surface area (Å²) >= 11 is 5.97. The summed E-state index contributed by atoms with van der Waals surface area (Å²) in [5, 5.41) is 0.531. The molecule has 0 bridgehead atoms. The Morgan fingerprint density at radius 2 is 1.73 bits per heavy atom. The van der Waals surface area contributed by atoms with Gasteiger partial charge in [-0.2, -0.15) is 0 Å². The highest BCUT2D eigenvalue weighted by atomic mass is 35.5. The molecular formula is C19H16ClNO5. The van der Waals surface area contributed by atoms with E-state index in [0.717, 1.165) is 0 Å². The van der Waals surface area contributed by atoms with Gasteiger partial charge in [-0.3, -0.25) is 0 Å². The number of hydrogen-bond donors (Lipinski definition) is 0. The predicted molar refractivity (Wildman–Crippen MR) is 98.2 cm³/mol. The molecular weight excluding hydrogens is 358 g/mol. The SMILES string of the molecule is COc1cc(C=C2N=C(c3cccc(Cl)c3)OC2=O)cc(OC)c1OC. The standard InChI is InChI=1S/C19H16ClNO5/c1-23-15-8-11(9-16(24-2)17(15)25-3)7-14-19(22)26-18(21-14)12-5-4-6-13(20)10-12/h4-10H,1-3H3. The predicted octanol–water partition coefficient (Wildman–Crippen LogP) is 3.71. The molecule has 1 aliphatic rings. The largest absolute Gasteiger partial charge is 0.493 e. The fourth-order valence-electron chi connectivity index (χ4n) is 2.50. The summed E-state index contributed by atoms with van der Waals surface area (Å²) in [6, 6.07) is 10.4. The van der Waals surface area contributed by atoms with Gasteiger partial charge in [0.2, 0.25) is 11.6 Å². The summed E-state index contributed by atoms with van der Waals surface area (Å²) in [4.78, 5) is 16.4. The van der Waals surface area contributed by atoms with Crippen LogP contribution in [0.25, 0.3) is 6.08 Å². The topological polar surface area (TPSA) is 66.4 Å². The third kappa shape index (κ3) is 3.50. The zero-order chi connectivity index (χ0) is 18.7. The number of halogens is 1. The molecule has 0 atom stereocenters. The van der Waals surface area contributed by atoms with Gasteiger partial charge in [0.1, 0.15) is 0 Å². The molecule has 0 aromatic heterocycles. The highest BCUT2D eigenvalue weighted by Gasteiger charge is 2.24. The van der Waals surface area contributed by atoms with Crippen LogP contribution in [0.15, 0.2) is 47.1 Å². The number of methoxy groups -OCH3 is 3. The van der Waals surface area contributed by atoms with E-state index in [1.807, 2.05) is 0 Å². The van der Waals surface area contributed by atoms with Crippen LogP contribution in [0.3, 0.4) is 0 Å². The second kappa shape index (κ2) is 7.49. The van der Waals surface area contributed by atoms with Gasteiger partial charge in [-0.05, 0) is 42.0 Å². The van der Waals surface area contributed by atoms with Gasteiger partial charge in [0.15, 0.2) is 17.2 Å². The van der Waals surface area contributed by atoms with Crippen LogP contribution in [0.2, 0.25) is 5.02 Å². The van der Waals surface area contributed by atoms with Crippen molar-refractivity contribution in [3.8, 4) is 17.2 Å². The Kier molecular flexibility index (Phi) is 5.14. The van der Waals surface area contributed by atoms with Gasteiger partial charge in [0.25, 0.3) is 0 Å². The minimum absolute atomic E-state index is 0.161. The molecule has 0 unspecified atom stereocenters. The lowest BCUT2D eigenvalue weighted by Crippen LogP contribution is -2.05. The van der Waals surface area contributed by atoms with Crippen LogP contribution in [-0.4, -0.2) is 33.2 Å². The maximum atomic E-state index is 12.2. The third-order valence-corrected chi connectivity index (χ3v) is 3.92. The molecule has 0 amide bonds. The van der Waals surface area contributed by atoms with Crippen LogP contribution >= 0.6 is 11.6 Å². The molecule has 1 heterocycles. The van der Waals surface area contributed by atoms with E-state index < -0.39 is 5.97 Å². The summed E-state index contributed by atoms with van der Waals surface area (Å²) in [5.74, 6) is 1.08. The molecule has 3 rings (SSSR count). The molecule has 0 aliphatic carbocycles. The fraction of sp³-hybridized carbons (Fsp3) is 0.158. The number of carbonyl (C=O) groups excluding carboxylic acids is 1. The summed E-state index contributed by atoms with van der Waals surface area (Å²) in [7, 11) is 4.56. The van der Waals surface area contributed by atoms with Crippen molar-refractivity contribution in [2.45, 2.75) is 0 Å². The van der Waals surface area contributed by atoms with Crippen LogP contribution in [0.1, 0.15) is 11.1 Å². The number of benzene rings is 2. The number of ether oxygens (including phenoxy) is 4. The maximum Gasteiger partial charge on any atom is 0.363 e. The number of carbonyl (C=O) groups is 1. The van der Waals surface area contributed by atoms with Crippen LogP contribution in [-0.2, 0) is 9.53 Å². The number of cyclic esters (lactones) is 1. The van der Waals surface area contributed by atoms with Gasteiger partial charge in [0.05, 0.1) is 21.3 Å². The van der Waals surface area contributed by atoms with Crippen molar-refractivity contribution < 1.29 is 23.7 Å². The summed E-state index contributed by atoms with van der Waals surface area (Å²) < 4.78 is 21.2. The molecule has 0 fully saturated rings. The lowest BCUT2D eigenvalue weighted by molar-refractivity contribution is -0.129. The second-order valence-electron chi connectivity index (χ2n) is 5.31. The second-order valence-corrected chi connectivity index (χ2v) is 5.74. The third-order valence-electron chi connectivity index (χ3n) is 3.68. The lowest BCUT2D eigenvalue weighted by Gasteiger charge is -2.12. The Hall–Kier alpha value is -2.99. The van der Waals surface area contributed by atoms with E-state index >= 15 is 0 Å². The van der Waals surface area contributed by atoms with Crippen molar-refractivity contribution >= 4 is 29.5 Å². The molecule has 0 N–H and O–H groups in total. The van der Waals surface area contributed by atoms with E-state index in [2.05, 4.69) is 4.99 Å². The summed E-state index contributed by atoms with van der Waals surface area (Å²) in [6.45, 7) is 0. The van der Waals surface area contributed by atoms with E-state index in [9.17, 15) is 4.79 Å². The first-order chi connectivity index (χ1) is 12.5. The first-order valence-corrected chi connectivity index (χ1v) is 8.02. The summed E-state index contributed by atoms with van der Waals surface area (Å²) in [5.41, 5.74) is 1.44. The molecule has 2 aromatic rings. The molecule has 6 nitrogen and oxygen atoms in total. The molecule has 0 radical (unpaired) electrons. The smallest absolute Gasteiger partial charge is 0.363 e. The van der Waals surface area contributed by atoms with Gasteiger partial charge < -0.3 is 18.9 Å². The molecule has 0 saturated heterocycles. The number of esters is 1. The normalized spacial score (nSPS) is 14.8. The number of nitrogens with zero attached hydrogens (tertiary/aromatic N) is 1. The Bertz CT molecular complexity index is 895. The minimum atomic E-state index is -0.547. The Morgan fingerprint density at radius 1 is 1.04 bits per heavy atom. The van der Waals surface area contributed by atoms with E-state index in [4.69, 9.17) is 30.5 Å². The van der Waals surface area contributed by atoms with Crippen molar-refractivity contribution in [3.63, 3.8) is 0 Å². The van der Waals surface area contributed by atoms with Crippen molar-refractivity contribution in [2.75, 3.05) is 21.3 Å². The van der Waals surface area contributed by atoms with E-state index in [-0.39, 0.29) is 11.6 Å². The van der Waals surface area contributed by atoms with Gasteiger partial charge in [-0.25, -0.2) is 9.79 Å². The Balaban J connectivity index is 2.00.